The Morgan fingerprint density at radius 2 is 1.57 bits per heavy atom. The zero-order chi connectivity index (χ0) is 19.7. The van der Waals surface area contributed by atoms with E-state index >= 15 is 0 Å². The molecule has 28 heavy (non-hydrogen) atoms. The Bertz CT molecular complexity index is 1100. The summed E-state index contributed by atoms with van der Waals surface area (Å²) in [6, 6.07) is 21.8. The Kier molecular flexibility index (Phi) is 4.55. The maximum Gasteiger partial charge on any atom is 0.573 e. The summed E-state index contributed by atoms with van der Waals surface area (Å²) in [5.74, 6) is 0.442. The first-order valence-electron chi connectivity index (χ1n) is 8.76. The van der Waals surface area contributed by atoms with Crippen molar-refractivity contribution in [1.29, 1.82) is 0 Å². The summed E-state index contributed by atoms with van der Waals surface area (Å²) in [6.45, 7) is 2.64. The van der Waals surface area contributed by atoms with Gasteiger partial charge >= 0.3 is 6.36 Å². The summed E-state index contributed by atoms with van der Waals surface area (Å²) in [5.41, 5.74) is 4.82. The molecule has 142 valence electrons. The summed E-state index contributed by atoms with van der Waals surface area (Å²) in [7, 11) is 0. The molecule has 0 saturated carbocycles. The number of para-hydroxylation sites is 2. The fraction of sp³-hybridized carbons (Fsp3) is 0.136. The van der Waals surface area contributed by atoms with E-state index in [1.807, 2.05) is 31.2 Å². The summed E-state index contributed by atoms with van der Waals surface area (Å²) in [5, 5.41) is 0. The van der Waals surface area contributed by atoms with Crippen molar-refractivity contribution in [2.24, 2.45) is 0 Å². The minimum absolute atomic E-state index is 0.252. The number of aromatic nitrogens is 2. The molecule has 0 bridgehead atoms. The zero-order valence-corrected chi connectivity index (χ0v) is 15.1. The second-order valence-corrected chi connectivity index (χ2v) is 6.57. The maximum absolute atomic E-state index is 12.4. The molecule has 0 saturated heterocycles. The van der Waals surface area contributed by atoms with Gasteiger partial charge in [0.05, 0.1) is 11.0 Å². The van der Waals surface area contributed by atoms with E-state index in [2.05, 4.69) is 33.6 Å². The Hall–Kier alpha value is -3.28. The van der Waals surface area contributed by atoms with E-state index in [-0.39, 0.29) is 5.75 Å². The standard InChI is InChI=1S/C22H17F3N2O/c1-15-6-8-16(9-7-15)14-27-20-5-3-2-4-19(20)26-21(27)17-10-12-18(13-11-17)28-22(23,24)25/h2-13H,14H2,1H3. The lowest BCUT2D eigenvalue weighted by Gasteiger charge is -2.11. The van der Waals surface area contributed by atoms with Gasteiger partial charge in [0, 0.05) is 12.1 Å². The number of halogens is 3. The highest BCUT2D eigenvalue weighted by Gasteiger charge is 2.31. The minimum atomic E-state index is -4.71. The summed E-state index contributed by atoms with van der Waals surface area (Å²) >= 11 is 0. The number of aryl methyl sites for hydroxylation is 1. The number of rotatable bonds is 4. The lowest BCUT2D eigenvalue weighted by Crippen LogP contribution is -2.16. The van der Waals surface area contributed by atoms with Crippen molar-refractivity contribution in [3.05, 3.63) is 83.9 Å². The monoisotopic (exact) mass is 382 g/mol. The number of hydrogen-bond donors (Lipinski definition) is 0. The topological polar surface area (TPSA) is 27.1 Å². The fourth-order valence-electron chi connectivity index (χ4n) is 3.14. The van der Waals surface area contributed by atoms with Crippen LogP contribution < -0.4 is 4.74 Å². The molecule has 6 heteroatoms. The molecular weight excluding hydrogens is 365 g/mol. The Labute approximate surface area is 160 Å². The average molecular weight is 382 g/mol. The first-order valence-corrected chi connectivity index (χ1v) is 8.76. The van der Waals surface area contributed by atoms with Crippen LogP contribution in [0, 0.1) is 6.92 Å². The lowest BCUT2D eigenvalue weighted by atomic mass is 10.1. The van der Waals surface area contributed by atoms with E-state index in [9.17, 15) is 13.2 Å². The molecule has 0 fully saturated rings. The first kappa shape index (κ1) is 18.1. The van der Waals surface area contributed by atoms with Crippen LogP contribution in [-0.4, -0.2) is 15.9 Å². The Morgan fingerprint density at radius 1 is 0.893 bits per heavy atom. The van der Waals surface area contributed by atoms with Gasteiger partial charge in [-0.25, -0.2) is 4.98 Å². The maximum atomic E-state index is 12.4. The molecule has 4 aromatic rings. The van der Waals surface area contributed by atoms with Gasteiger partial charge in [-0.1, -0.05) is 42.0 Å². The number of ether oxygens (including phenoxy) is 1. The molecular formula is C22H17F3N2O. The molecule has 0 N–H and O–H groups in total. The molecule has 0 unspecified atom stereocenters. The van der Waals surface area contributed by atoms with E-state index in [1.54, 1.807) is 12.1 Å². The fourth-order valence-corrected chi connectivity index (χ4v) is 3.14. The van der Waals surface area contributed by atoms with Crippen molar-refractivity contribution in [2.75, 3.05) is 0 Å². The smallest absolute Gasteiger partial charge is 0.406 e. The molecule has 0 aliphatic heterocycles. The van der Waals surface area contributed by atoms with Crippen LogP contribution in [0.4, 0.5) is 13.2 Å². The summed E-state index contributed by atoms with van der Waals surface area (Å²) in [6.07, 6.45) is -4.71. The molecule has 0 radical (unpaired) electrons. The highest BCUT2D eigenvalue weighted by atomic mass is 19.4. The molecule has 1 aromatic heterocycles. The summed E-state index contributed by atoms with van der Waals surface area (Å²) < 4.78 is 43.2. The molecule has 0 spiro atoms. The largest absolute Gasteiger partial charge is 0.573 e. The molecule has 1 heterocycles. The number of nitrogens with zero attached hydrogens (tertiary/aromatic N) is 2. The molecule has 0 atom stereocenters. The van der Waals surface area contributed by atoms with Crippen LogP contribution in [0.2, 0.25) is 0 Å². The van der Waals surface area contributed by atoms with Crippen molar-refractivity contribution in [3.63, 3.8) is 0 Å². The number of alkyl halides is 3. The third-order valence-corrected chi connectivity index (χ3v) is 4.46. The molecule has 0 aliphatic rings. The predicted octanol–water partition coefficient (Wildman–Crippen LogP) is 5.96. The Morgan fingerprint density at radius 3 is 2.25 bits per heavy atom. The summed E-state index contributed by atoms with van der Waals surface area (Å²) in [4.78, 5) is 4.70. The van der Waals surface area contributed by atoms with Crippen molar-refractivity contribution in [1.82, 2.24) is 9.55 Å². The van der Waals surface area contributed by atoms with Crippen LogP contribution in [0.25, 0.3) is 22.4 Å². The van der Waals surface area contributed by atoms with E-state index < -0.39 is 6.36 Å². The lowest BCUT2D eigenvalue weighted by molar-refractivity contribution is -0.274. The van der Waals surface area contributed by atoms with E-state index in [4.69, 9.17) is 4.98 Å². The van der Waals surface area contributed by atoms with Crippen molar-refractivity contribution < 1.29 is 17.9 Å². The average Bonchev–Trinajstić information content (AvgIpc) is 3.01. The van der Waals surface area contributed by atoms with Gasteiger partial charge in [0.2, 0.25) is 0 Å². The first-order chi connectivity index (χ1) is 13.4. The van der Waals surface area contributed by atoms with Crippen LogP contribution in [-0.2, 0) is 6.54 Å². The molecule has 3 nitrogen and oxygen atoms in total. The zero-order valence-electron chi connectivity index (χ0n) is 15.1. The van der Waals surface area contributed by atoms with Gasteiger partial charge in [-0.05, 0) is 48.9 Å². The van der Waals surface area contributed by atoms with Gasteiger partial charge in [-0.2, -0.15) is 0 Å². The number of benzene rings is 3. The second-order valence-electron chi connectivity index (χ2n) is 6.57. The molecule has 3 aromatic carbocycles. The number of imidazole rings is 1. The Balaban J connectivity index is 1.75. The predicted molar refractivity (Wildman–Crippen MR) is 102 cm³/mol. The van der Waals surface area contributed by atoms with Crippen LogP contribution >= 0.6 is 0 Å². The second kappa shape index (κ2) is 7.03. The van der Waals surface area contributed by atoms with Gasteiger partial charge in [-0.15, -0.1) is 13.2 Å². The molecule has 0 amide bonds. The van der Waals surface area contributed by atoms with E-state index in [0.717, 1.165) is 22.2 Å². The molecule has 4 rings (SSSR count). The molecule has 0 aliphatic carbocycles. The van der Waals surface area contributed by atoms with Gasteiger partial charge in [0.1, 0.15) is 11.6 Å². The van der Waals surface area contributed by atoms with E-state index in [1.165, 1.54) is 17.7 Å². The van der Waals surface area contributed by atoms with E-state index in [0.29, 0.717) is 12.4 Å². The van der Waals surface area contributed by atoms with Crippen molar-refractivity contribution in [3.8, 4) is 17.1 Å². The van der Waals surface area contributed by atoms with Crippen LogP contribution in [0.15, 0.2) is 72.8 Å². The van der Waals surface area contributed by atoms with Crippen LogP contribution in [0.5, 0.6) is 5.75 Å². The van der Waals surface area contributed by atoms with Crippen molar-refractivity contribution in [2.45, 2.75) is 19.8 Å². The highest BCUT2D eigenvalue weighted by molar-refractivity contribution is 5.80. The normalized spacial score (nSPS) is 11.7. The van der Waals surface area contributed by atoms with Gasteiger partial charge in [0.15, 0.2) is 0 Å². The van der Waals surface area contributed by atoms with Gasteiger partial charge in [-0.3, -0.25) is 0 Å². The third-order valence-electron chi connectivity index (χ3n) is 4.46. The van der Waals surface area contributed by atoms with Crippen molar-refractivity contribution >= 4 is 11.0 Å². The number of fused-ring (bicyclic) bond motifs is 1. The van der Waals surface area contributed by atoms with Gasteiger partial charge < -0.3 is 9.30 Å². The third kappa shape index (κ3) is 3.86. The number of hydrogen-bond acceptors (Lipinski definition) is 2. The van der Waals surface area contributed by atoms with Crippen LogP contribution in [0.3, 0.4) is 0 Å². The SMILES string of the molecule is Cc1ccc(Cn2c(-c3ccc(OC(F)(F)F)cc3)nc3ccccc32)cc1. The van der Waals surface area contributed by atoms with Crippen LogP contribution in [0.1, 0.15) is 11.1 Å². The minimum Gasteiger partial charge on any atom is -0.406 e. The van der Waals surface area contributed by atoms with Gasteiger partial charge in [0.25, 0.3) is 0 Å². The quantitative estimate of drug-likeness (QED) is 0.436. The highest BCUT2D eigenvalue weighted by Crippen LogP contribution is 2.29.